The molecule has 12 heavy (non-hydrogen) atoms. The molecule has 1 N–H and O–H groups in total. The predicted molar refractivity (Wildman–Crippen MR) is 44.8 cm³/mol. The van der Waals surface area contributed by atoms with Crippen LogP contribution >= 0.6 is 23.2 Å². The zero-order valence-corrected chi connectivity index (χ0v) is 7.13. The van der Waals surface area contributed by atoms with Crippen LogP contribution in [0.3, 0.4) is 0 Å². The molecule has 0 saturated carbocycles. The van der Waals surface area contributed by atoms with Gasteiger partial charge in [0.05, 0.1) is 4.92 Å². The van der Waals surface area contributed by atoms with Gasteiger partial charge in [0.2, 0.25) is 0 Å². The summed E-state index contributed by atoms with van der Waals surface area (Å²) in [5.74, 6) is -0.271. The summed E-state index contributed by atoms with van der Waals surface area (Å²) in [6.07, 6.45) is 0. The molecule has 0 aliphatic carbocycles. The first kappa shape index (κ1) is 9.09. The Balaban J connectivity index is 3.36. The number of nitrogens with zero attached hydrogens (tertiary/aromatic N) is 1. The van der Waals surface area contributed by atoms with E-state index in [1.54, 1.807) is 0 Å². The van der Waals surface area contributed by atoms with Gasteiger partial charge in [-0.05, 0) is 6.07 Å². The highest BCUT2D eigenvalue weighted by molar-refractivity contribution is 6.44. The number of nitro groups is 1. The van der Waals surface area contributed by atoms with E-state index in [1.807, 2.05) is 0 Å². The average Bonchev–Trinajstić information content (AvgIpc) is 2.00. The highest BCUT2D eigenvalue weighted by atomic mass is 35.5. The molecule has 0 unspecified atom stereocenters. The minimum absolute atomic E-state index is 0.203. The number of phenolic OH excluding ortho intramolecular Hbond substituents is 1. The minimum Gasteiger partial charge on any atom is -0.506 e. The molecule has 0 saturated heterocycles. The van der Waals surface area contributed by atoms with Crippen LogP contribution in [-0.2, 0) is 0 Å². The first-order valence-electron chi connectivity index (χ1n) is 2.85. The van der Waals surface area contributed by atoms with Gasteiger partial charge in [-0.15, -0.1) is 0 Å². The number of nitro benzene ring substituents is 1. The van der Waals surface area contributed by atoms with Gasteiger partial charge in [0.25, 0.3) is 5.69 Å². The van der Waals surface area contributed by atoms with Gasteiger partial charge < -0.3 is 5.11 Å². The number of hydrogen-bond donors (Lipinski definition) is 1. The first-order chi connectivity index (χ1) is 5.54. The molecule has 1 aromatic carbocycles. The van der Waals surface area contributed by atoms with Crippen LogP contribution in [0.15, 0.2) is 12.1 Å². The normalized spacial score (nSPS) is 9.83. The number of halogens is 2. The first-order valence-corrected chi connectivity index (χ1v) is 3.61. The van der Waals surface area contributed by atoms with E-state index in [-0.39, 0.29) is 21.5 Å². The summed E-state index contributed by atoms with van der Waals surface area (Å²) in [7, 11) is 0. The average molecular weight is 208 g/mol. The van der Waals surface area contributed by atoms with Crippen molar-refractivity contribution in [2.24, 2.45) is 0 Å². The lowest BCUT2D eigenvalue weighted by Crippen LogP contribution is -1.88. The van der Waals surface area contributed by atoms with E-state index in [4.69, 9.17) is 28.3 Å². The Morgan fingerprint density at radius 3 is 2.42 bits per heavy atom. The molecule has 1 rings (SSSR count). The van der Waals surface area contributed by atoms with Crippen LogP contribution in [0.4, 0.5) is 5.69 Å². The van der Waals surface area contributed by atoms with Crippen molar-refractivity contribution in [3.8, 4) is 5.75 Å². The van der Waals surface area contributed by atoms with Gasteiger partial charge in [0.1, 0.15) is 15.8 Å². The van der Waals surface area contributed by atoms with Crippen LogP contribution in [0.1, 0.15) is 0 Å². The Morgan fingerprint density at radius 1 is 1.33 bits per heavy atom. The molecular weight excluding hydrogens is 205 g/mol. The molecule has 0 spiro atoms. The summed E-state index contributed by atoms with van der Waals surface area (Å²) in [6.45, 7) is 0. The second kappa shape index (κ2) is 3.16. The third-order valence-corrected chi connectivity index (χ3v) is 2.10. The van der Waals surface area contributed by atoms with E-state index in [1.165, 1.54) is 0 Å². The maximum absolute atomic E-state index is 10.3. The predicted octanol–water partition coefficient (Wildman–Crippen LogP) is 2.61. The Labute approximate surface area is 77.5 Å². The Hall–Kier alpha value is -1.00. The highest BCUT2D eigenvalue weighted by Crippen LogP contribution is 2.37. The van der Waals surface area contributed by atoms with Crippen molar-refractivity contribution in [3.63, 3.8) is 0 Å². The molecule has 64 valence electrons. The summed E-state index contributed by atoms with van der Waals surface area (Å²) in [4.78, 5) is 9.59. The Kier molecular flexibility index (Phi) is 2.40. The maximum Gasteiger partial charge on any atom is 0.289 e. The Bertz CT molecular complexity index is 340. The highest BCUT2D eigenvalue weighted by Gasteiger charge is 2.17. The van der Waals surface area contributed by atoms with E-state index in [0.717, 1.165) is 12.1 Å². The second-order valence-electron chi connectivity index (χ2n) is 1.99. The molecule has 4 nitrogen and oxygen atoms in total. The summed E-state index contributed by atoms with van der Waals surface area (Å²) < 4.78 is 0. The molecule has 0 aromatic heterocycles. The van der Waals surface area contributed by atoms with E-state index in [9.17, 15) is 10.1 Å². The van der Waals surface area contributed by atoms with E-state index < -0.39 is 4.92 Å². The van der Waals surface area contributed by atoms with Crippen molar-refractivity contribution in [3.05, 3.63) is 32.3 Å². The SMILES string of the molecule is O=[N+]([O-])c1ccc(O)c(Cl)c1Cl. The smallest absolute Gasteiger partial charge is 0.289 e. The van der Waals surface area contributed by atoms with E-state index in [0.29, 0.717) is 0 Å². The van der Waals surface area contributed by atoms with Gasteiger partial charge in [-0.2, -0.15) is 0 Å². The lowest BCUT2D eigenvalue weighted by atomic mass is 10.3. The quantitative estimate of drug-likeness (QED) is 0.569. The van der Waals surface area contributed by atoms with Crippen LogP contribution in [0, 0.1) is 10.1 Å². The largest absolute Gasteiger partial charge is 0.506 e. The van der Waals surface area contributed by atoms with Crippen LogP contribution < -0.4 is 0 Å². The molecule has 0 heterocycles. The summed E-state index contributed by atoms with van der Waals surface area (Å²) >= 11 is 10.9. The molecule has 0 bridgehead atoms. The fraction of sp³-hybridized carbons (Fsp3) is 0. The van der Waals surface area contributed by atoms with E-state index in [2.05, 4.69) is 0 Å². The van der Waals surface area contributed by atoms with E-state index >= 15 is 0 Å². The standard InChI is InChI=1S/C6H3Cl2NO3/c7-5-3(9(11)12)1-2-4(10)6(5)8/h1-2,10H. The second-order valence-corrected chi connectivity index (χ2v) is 2.74. The van der Waals surface area contributed by atoms with Crippen molar-refractivity contribution in [1.29, 1.82) is 0 Å². The van der Waals surface area contributed by atoms with Crippen molar-refractivity contribution in [2.45, 2.75) is 0 Å². The molecule has 0 aliphatic rings. The third-order valence-electron chi connectivity index (χ3n) is 1.24. The topological polar surface area (TPSA) is 63.4 Å². The number of aromatic hydroxyl groups is 1. The van der Waals surface area contributed by atoms with Crippen molar-refractivity contribution in [2.75, 3.05) is 0 Å². The van der Waals surface area contributed by atoms with Crippen LogP contribution in [0.25, 0.3) is 0 Å². The van der Waals surface area contributed by atoms with Gasteiger partial charge in [-0.3, -0.25) is 10.1 Å². The van der Waals surface area contributed by atoms with Crippen LogP contribution in [-0.4, -0.2) is 10.0 Å². The Morgan fingerprint density at radius 2 is 1.92 bits per heavy atom. The van der Waals surface area contributed by atoms with Gasteiger partial charge in [0.15, 0.2) is 0 Å². The van der Waals surface area contributed by atoms with Gasteiger partial charge in [-0.1, -0.05) is 23.2 Å². The minimum atomic E-state index is -0.673. The summed E-state index contributed by atoms with van der Waals surface area (Å²) in [5.41, 5.74) is -0.320. The molecular formula is C6H3Cl2NO3. The zero-order valence-electron chi connectivity index (χ0n) is 5.62. The summed E-state index contributed by atoms with van der Waals surface area (Å²) in [6, 6.07) is 2.20. The lowest BCUT2D eigenvalue weighted by Gasteiger charge is -1.98. The third kappa shape index (κ3) is 1.44. The number of hydrogen-bond acceptors (Lipinski definition) is 3. The zero-order chi connectivity index (χ0) is 9.30. The molecule has 1 aromatic rings. The van der Waals surface area contributed by atoms with Crippen molar-refractivity contribution in [1.82, 2.24) is 0 Å². The molecule has 0 aliphatic heterocycles. The number of rotatable bonds is 1. The fourth-order valence-electron chi connectivity index (χ4n) is 0.670. The molecule has 0 radical (unpaired) electrons. The lowest BCUT2D eigenvalue weighted by molar-refractivity contribution is -0.384. The fourth-order valence-corrected chi connectivity index (χ4v) is 1.06. The maximum atomic E-state index is 10.3. The van der Waals surface area contributed by atoms with Crippen molar-refractivity contribution >= 4 is 28.9 Å². The van der Waals surface area contributed by atoms with Gasteiger partial charge >= 0.3 is 0 Å². The molecule has 0 fully saturated rings. The molecule has 0 amide bonds. The van der Waals surface area contributed by atoms with Gasteiger partial charge in [-0.25, -0.2) is 0 Å². The number of benzene rings is 1. The summed E-state index contributed by atoms with van der Waals surface area (Å²) in [5, 5.41) is 18.8. The van der Waals surface area contributed by atoms with Crippen LogP contribution in [0.2, 0.25) is 10.0 Å². The monoisotopic (exact) mass is 207 g/mol. The molecule has 0 atom stereocenters. The van der Waals surface area contributed by atoms with Gasteiger partial charge in [0, 0.05) is 6.07 Å². The number of phenols is 1. The van der Waals surface area contributed by atoms with Crippen molar-refractivity contribution < 1.29 is 10.0 Å². The van der Waals surface area contributed by atoms with Crippen LogP contribution in [0.5, 0.6) is 5.75 Å². The molecule has 6 heteroatoms.